The number of aromatic carboxylic acids is 1. The normalized spacial score (nSPS) is 14.0. The van der Waals surface area contributed by atoms with Crippen LogP contribution in [0.15, 0.2) is 36.4 Å². The number of alkyl halides is 6. The van der Waals surface area contributed by atoms with E-state index in [2.05, 4.69) is 0 Å². The minimum absolute atomic E-state index is 0.0256. The Morgan fingerprint density at radius 3 is 2.17 bits per heavy atom. The molecule has 2 nitrogen and oxygen atoms in total. The van der Waals surface area contributed by atoms with E-state index in [0.29, 0.717) is 12.1 Å². The summed E-state index contributed by atoms with van der Waals surface area (Å²) in [7, 11) is 0. The number of halogens is 9. The lowest BCUT2D eigenvalue weighted by Crippen LogP contribution is -2.20. The Kier molecular flexibility index (Phi) is 6.78. The van der Waals surface area contributed by atoms with Gasteiger partial charge in [-0.1, -0.05) is 35.3 Å². The lowest BCUT2D eigenvalue weighted by atomic mass is 9.92. The van der Waals surface area contributed by atoms with E-state index >= 15 is 0 Å². The third-order valence-corrected chi connectivity index (χ3v) is 5.11. The van der Waals surface area contributed by atoms with Crippen molar-refractivity contribution in [2.24, 2.45) is 0 Å². The number of carboxylic acids is 1. The van der Waals surface area contributed by atoms with E-state index in [4.69, 9.17) is 28.3 Å². The van der Waals surface area contributed by atoms with Crippen LogP contribution in [0.4, 0.5) is 30.7 Å². The highest BCUT2D eigenvalue weighted by molar-refractivity contribution is 6.42. The molecular weight excluding hydrogens is 464 g/mol. The number of carboxylic acid groups (broad SMARTS) is 1. The Morgan fingerprint density at radius 2 is 1.67 bits per heavy atom. The highest BCUT2D eigenvalue weighted by Gasteiger charge is 2.41. The third kappa shape index (κ3) is 5.07. The van der Waals surface area contributed by atoms with E-state index in [9.17, 15) is 35.5 Å². The Morgan fingerprint density at radius 1 is 1.07 bits per heavy atom. The molecule has 0 bridgehead atoms. The molecule has 0 saturated heterocycles. The second-order valence-electron chi connectivity index (χ2n) is 6.17. The summed E-state index contributed by atoms with van der Waals surface area (Å²) in [6, 6.07) is 3.34. The van der Waals surface area contributed by atoms with E-state index in [-0.39, 0.29) is 27.8 Å². The summed E-state index contributed by atoms with van der Waals surface area (Å²) in [4.78, 5) is 11.0. The van der Waals surface area contributed by atoms with Crippen LogP contribution in [-0.2, 0) is 6.18 Å². The molecule has 2 aromatic rings. The Bertz CT molecular complexity index is 1010. The van der Waals surface area contributed by atoms with Gasteiger partial charge in [-0.25, -0.2) is 9.18 Å². The molecule has 0 radical (unpaired) electrons. The zero-order valence-electron chi connectivity index (χ0n) is 14.8. The molecule has 0 aliphatic carbocycles. The maximum Gasteiger partial charge on any atom is 0.417 e. The van der Waals surface area contributed by atoms with Crippen LogP contribution in [0.2, 0.25) is 10.0 Å². The number of hydrogen-bond donors (Lipinski definition) is 1. The van der Waals surface area contributed by atoms with Gasteiger partial charge >= 0.3 is 18.3 Å². The van der Waals surface area contributed by atoms with Crippen LogP contribution in [0.5, 0.6) is 0 Å². The fraction of sp³-hybridized carbons (Fsp3) is 0.211. The summed E-state index contributed by atoms with van der Waals surface area (Å²) in [6.45, 7) is 1.23. The first-order valence-corrected chi connectivity index (χ1v) is 8.73. The maximum absolute atomic E-state index is 14.6. The smallest absolute Gasteiger partial charge is 0.417 e. The van der Waals surface area contributed by atoms with Gasteiger partial charge in [0, 0.05) is 5.56 Å². The van der Waals surface area contributed by atoms with Crippen molar-refractivity contribution in [1.82, 2.24) is 0 Å². The van der Waals surface area contributed by atoms with E-state index in [1.807, 2.05) is 0 Å². The lowest BCUT2D eigenvalue weighted by Gasteiger charge is -2.21. The highest BCUT2D eigenvalue weighted by Crippen LogP contribution is 2.42. The maximum atomic E-state index is 14.6. The highest BCUT2D eigenvalue weighted by atomic mass is 35.5. The first kappa shape index (κ1) is 24.0. The number of allylic oxidation sites excluding steroid dienone is 1. The molecular formula is C19H11Cl2F7O2. The van der Waals surface area contributed by atoms with E-state index in [1.54, 1.807) is 0 Å². The number of hydrogen-bond acceptors (Lipinski definition) is 1. The van der Waals surface area contributed by atoms with Crippen LogP contribution >= 0.6 is 23.2 Å². The van der Waals surface area contributed by atoms with Crippen LogP contribution in [-0.4, -0.2) is 17.3 Å². The molecule has 1 atom stereocenters. The Balaban J connectivity index is 2.64. The van der Waals surface area contributed by atoms with Gasteiger partial charge < -0.3 is 5.11 Å². The van der Waals surface area contributed by atoms with Crippen LogP contribution in [0.3, 0.4) is 0 Å². The number of rotatable bonds is 4. The molecule has 0 saturated carbocycles. The fourth-order valence-corrected chi connectivity index (χ4v) is 3.10. The molecule has 0 spiro atoms. The van der Waals surface area contributed by atoms with Gasteiger partial charge in [0.25, 0.3) is 0 Å². The molecule has 1 N–H and O–H groups in total. The SMILES string of the molecule is Cc1c(C(C=C(F)c2ccc(C(=O)O)c(C(F)(F)F)c2)C(F)(F)F)ccc(Cl)c1Cl. The standard InChI is InChI=1S/C19H11Cl2F7O2/c1-8-10(4-5-14(20)16(8)21)13(19(26,27)28)7-15(22)9-2-3-11(17(29)30)12(6-9)18(23,24)25/h2-7,13H,1H3,(H,29,30). The minimum atomic E-state index is -5.16. The van der Waals surface area contributed by atoms with Gasteiger partial charge in [0.05, 0.1) is 21.2 Å². The van der Waals surface area contributed by atoms with Gasteiger partial charge in [0.15, 0.2) is 0 Å². The molecule has 2 rings (SSSR count). The Hall–Kier alpha value is -2.26. The van der Waals surface area contributed by atoms with Gasteiger partial charge in [-0.3, -0.25) is 0 Å². The first-order chi connectivity index (χ1) is 13.6. The van der Waals surface area contributed by atoms with Crippen molar-refractivity contribution < 1.29 is 40.6 Å². The summed E-state index contributed by atoms with van der Waals surface area (Å²) in [5, 5.41) is 8.65. The molecule has 11 heteroatoms. The number of carbonyl (C=O) groups is 1. The molecule has 0 fully saturated rings. The van der Waals surface area contributed by atoms with Gasteiger partial charge in [-0.15, -0.1) is 0 Å². The molecule has 0 aliphatic heterocycles. The molecule has 0 heterocycles. The van der Waals surface area contributed by atoms with Crippen LogP contribution in [0.25, 0.3) is 5.83 Å². The Labute approximate surface area is 175 Å². The quantitative estimate of drug-likeness (QED) is 0.461. The average molecular weight is 475 g/mol. The third-order valence-electron chi connectivity index (χ3n) is 4.21. The van der Waals surface area contributed by atoms with E-state index in [1.165, 1.54) is 6.92 Å². The molecule has 0 aromatic heterocycles. The summed E-state index contributed by atoms with van der Waals surface area (Å²) in [5.41, 5.74) is -4.23. The van der Waals surface area contributed by atoms with Gasteiger partial charge in [-0.2, -0.15) is 26.3 Å². The zero-order chi connectivity index (χ0) is 23.0. The summed E-state index contributed by atoms with van der Waals surface area (Å²) in [5.74, 6) is -6.08. The zero-order valence-corrected chi connectivity index (χ0v) is 16.3. The topological polar surface area (TPSA) is 37.3 Å². The largest absolute Gasteiger partial charge is 0.478 e. The molecule has 1 unspecified atom stereocenters. The fourth-order valence-electron chi connectivity index (χ4n) is 2.72. The predicted octanol–water partition coefficient (Wildman–Crippen LogP) is 7.68. The second-order valence-corrected chi connectivity index (χ2v) is 6.96. The van der Waals surface area contributed by atoms with E-state index in [0.717, 1.165) is 12.1 Å². The monoisotopic (exact) mass is 474 g/mol. The van der Waals surface area contributed by atoms with Crippen LogP contribution < -0.4 is 0 Å². The van der Waals surface area contributed by atoms with E-state index < -0.39 is 52.3 Å². The molecule has 0 aliphatic rings. The van der Waals surface area contributed by atoms with Crippen molar-refractivity contribution in [3.8, 4) is 0 Å². The summed E-state index contributed by atoms with van der Waals surface area (Å²) < 4.78 is 94.6. The average Bonchev–Trinajstić information content (AvgIpc) is 2.62. The lowest BCUT2D eigenvalue weighted by molar-refractivity contribution is -0.140. The first-order valence-electron chi connectivity index (χ1n) is 7.98. The molecule has 162 valence electrons. The van der Waals surface area contributed by atoms with Crippen molar-refractivity contribution >= 4 is 35.0 Å². The van der Waals surface area contributed by atoms with Gasteiger partial charge in [0.2, 0.25) is 0 Å². The minimum Gasteiger partial charge on any atom is -0.478 e. The number of benzene rings is 2. The molecule has 2 aromatic carbocycles. The van der Waals surface area contributed by atoms with Crippen molar-refractivity contribution in [1.29, 1.82) is 0 Å². The predicted molar refractivity (Wildman–Crippen MR) is 97.5 cm³/mol. The van der Waals surface area contributed by atoms with Gasteiger partial charge in [0.1, 0.15) is 11.7 Å². The summed E-state index contributed by atoms with van der Waals surface area (Å²) >= 11 is 11.6. The summed E-state index contributed by atoms with van der Waals surface area (Å²) in [6.07, 6.45) is -10.1. The molecule has 30 heavy (non-hydrogen) atoms. The van der Waals surface area contributed by atoms with Crippen LogP contribution in [0.1, 0.15) is 38.5 Å². The van der Waals surface area contributed by atoms with Crippen molar-refractivity contribution in [3.05, 3.63) is 74.3 Å². The van der Waals surface area contributed by atoms with Crippen molar-refractivity contribution in [2.75, 3.05) is 0 Å². The second kappa shape index (κ2) is 8.47. The van der Waals surface area contributed by atoms with Crippen molar-refractivity contribution in [3.63, 3.8) is 0 Å². The molecule has 0 amide bonds. The van der Waals surface area contributed by atoms with Gasteiger partial charge in [-0.05, 0) is 42.3 Å². The van der Waals surface area contributed by atoms with Crippen LogP contribution in [0, 0.1) is 6.92 Å². The van der Waals surface area contributed by atoms with Crippen molar-refractivity contribution in [2.45, 2.75) is 25.2 Å².